The van der Waals surface area contributed by atoms with Crippen molar-refractivity contribution in [2.24, 2.45) is 10.8 Å². The number of hydrogen-bond donors (Lipinski definition) is 2. The number of aromatic nitrogens is 3. The number of fused-ring (bicyclic) bond motifs is 1. The monoisotopic (exact) mass is 1380 g/mol. The Bertz CT molecular complexity index is 3010. The zero-order valence-electron chi connectivity index (χ0n) is 51.1. The number of carbonyl (C=O) groups excluding carboxylic acids is 4. The molecular weight excluding hydrogens is 1310 g/mol. The Balaban J connectivity index is 0.000000636. The molecule has 36 heteroatoms. The molecule has 0 amide bonds. The number of alkyl halides is 24. The van der Waals surface area contributed by atoms with Crippen LogP contribution >= 0.6 is 0 Å². The third-order valence-corrected chi connectivity index (χ3v) is 14.7. The van der Waals surface area contributed by atoms with Gasteiger partial charge >= 0.3 is 94.9 Å². The van der Waals surface area contributed by atoms with Gasteiger partial charge in [0, 0.05) is 6.42 Å². The van der Waals surface area contributed by atoms with Crippen LogP contribution in [0.15, 0.2) is 30.3 Å². The van der Waals surface area contributed by atoms with Crippen LogP contribution in [0, 0.1) is 10.8 Å². The molecule has 92 heavy (non-hydrogen) atoms. The predicted molar refractivity (Wildman–Crippen MR) is 277 cm³/mol. The fourth-order valence-corrected chi connectivity index (χ4v) is 7.47. The maximum atomic E-state index is 14.3. The number of halogens is 24. The van der Waals surface area contributed by atoms with Gasteiger partial charge < -0.3 is 24.1 Å². The van der Waals surface area contributed by atoms with Gasteiger partial charge in [-0.1, -0.05) is 67.5 Å². The van der Waals surface area contributed by atoms with Gasteiger partial charge in [-0.15, -0.1) is 0 Å². The number of phenolic OH excluding ortho intramolecular Hbond substituents is 1. The van der Waals surface area contributed by atoms with Gasteiger partial charge in [-0.25, -0.2) is 4.79 Å². The summed E-state index contributed by atoms with van der Waals surface area (Å²) in [7, 11) is 0. The van der Waals surface area contributed by atoms with Crippen molar-refractivity contribution in [3.05, 3.63) is 52.6 Å². The molecule has 0 atom stereocenters. The summed E-state index contributed by atoms with van der Waals surface area (Å²) in [5, 5.41) is 20.2. The van der Waals surface area contributed by atoms with Crippen LogP contribution in [0.2, 0.25) is 0 Å². The van der Waals surface area contributed by atoms with Crippen LogP contribution in [0.25, 0.3) is 11.0 Å². The molecule has 12 nitrogen and oxygen atoms in total. The van der Waals surface area contributed by atoms with Crippen LogP contribution in [0.4, 0.5) is 105 Å². The van der Waals surface area contributed by atoms with E-state index in [9.17, 15) is 130 Å². The summed E-state index contributed by atoms with van der Waals surface area (Å²) in [6.45, 7) is 11.5. The lowest BCUT2D eigenvalue weighted by Crippen LogP contribution is -2.70. The third-order valence-electron chi connectivity index (χ3n) is 14.7. The number of carbonyl (C=O) groups is 4. The molecule has 3 aromatic rings. The van der Waals surface area contributed by atoms with Gasteiger partial charge in [0.15, 0.2) is 0 Å². The van der Waals surface area contributed by atoms with Gasteiger partial charge in [-0.3, -0.25) is 14.4 Å². The maximum absolute atomic E-state index is 14.3. The molecule has 1 aromatic heterocycles. The molecule has 0 fully saturated rings. The Morgan fingerprint density at radius 3 is 1.04 bits per heavy atom. The van der Waals surface area contributed by atoms with Crippen molar-refractivity contribution in [3.63, 3.8) is 0 Å². The summed E-state index contributed by atoms with van der Waals surface area (Å²) in [6, 6.07) is 6.33. The molecule has 0 saturated carbocycles. The zero-order valence-corrected chi connectivity index (χ0v) is 51.1. The van der Waals surface area contributed by atoms with Crippen molar-refractivity contribution in [1.29, 1.82) is 0 Å². The van der Waals surface area contributed by atoms with E-state index >= 15 is 0 Å². The van der Waals surface area contributed by atoms with Crippen LogP contribution < -0.4 is 0 Å². The number of nitrogens with zero attached hydrogens (tertiary/aromatic N) is 2. The third kappa shape index (κ3) is 16.7. The second-order valence-electron chi connectivity index (χ2n) is 24.6. The smallest absolute Gasteiger partial charge is 0.384 e. The predicted octanol–water partition coefficient (Wildman–Crippen LogP) is 16.7. The minimum absolute atomic E-state index is 0.000357. The zero-order chi connectivity index (χ0) is 72.3. The van der Waals surface area contributed by atoms with E-state index in [1.807, 2.05) is 0 Å². The van der Waals surface area contributed by atoms with Gasteiger partial charge in [-0.05, 0) is 92.7 Å². The Kier molecular flexibility index (Phi) is 24.6. The Morgan fingerprint density at radius 1 is 0.424 bits per heavy atom. The lowest BCUT2D eigenvalue weighted by atomic mass is 9.78. The molecule has 0 aliphatic carbocycles. The van der Waals surface area contributed by atoms with Crippen LogP contribution in [-0.4, -0.2) is 142 Å². The number of phenols is 1. The molecule has 0 saturated heterocycles. The number of aromatic amines is 1. The summed E-state index contributed by atoms with van der Waals surface area (Å²) in [5.41, 5.74) is -2.51. The number of ether oxygens (including phenoxy) is 4. The lowest BCUT2D eigenvalue weighted by Gasteiger charge is -2.41. The molecule has 0 spiro atoms. The Labute approximate surface area is 510 Å². The second-order valence-corrected chi connectivity index (χ2v) is 24.6. The first kappa shape index (κ1) is 81.9. The molecule has 1 heterocycles. The van der Waals surface area contributed by atoms with Crippen LogP contribution in [0.1, 0.15) is 155 Å². The van der Waals surface area contributed by atoms with E-state index in [-0.39, 0.29) is 36.0 Å². The molecule has 3 rings (SSSR count). The molecular formula is C56H67F24N3O9. The summed E-state index contributed by atoms with van der Waals surface area (Å²) < 4.78 is 357. The van der Waals surface area contributed by atoms with Gasteiger partial charge in [0.25, 0.3) is 0 Å². The van der Waals surface area contributed by atoms with E-state index in [0.717, 1.165) is 12.1 Å². The molecule has 0 aliphatic heterocycles. The highest BCUT2D eigenvalue weighted by molar-refractivity contribution is 5.93. The van der Waals surface area contributed by atoms with Gasteiger partial charge in [0.1, 0.15) is 16.8 Å². The Hall–Kier alpha value is -6.16. The van der Waals surface area contributed by atoms with Crippen LogP contribution in [0.5, 0.6) is 5.75 Å². The maximum Gasteiger partial charge on any atom is 0.384 e. The van der Waals surface area contributed by atoms with Gasteiger partial charge in [-0.2, -0.15) is 121 Å². The molecule has 0 aliphatic rings. The van der Waals surface area contributed by atoms with Gasteiger partial charge in [0.05, 0.1) is 68.5 Å². The topological polar surface area (TPSA) is 167 Å². The summed E-state index contributed by atoms with van der Waals surface area (Å²) in [6.07, 6.45) is -10.9. The second kappa shape index (κ2) is 27.7. The fraction of sp³-hybridized carbons (Fsp3) is 0.714. The first-order valence-corrected chi connectivity index (χ1v) is 27.3. The molecule has 2 N–H and O–H groups in total. The average Bonchev–Trinajstić information content (AvgIpc) is 0.765. The highest BCUT2D eigenvalue weighted by Crippen LogP contribution is 2.63. The van der Waals surface area contributed by atoms with Crippen molar-refractivity contribution in [2.45, 2.75) is 216 Å². The molecule has 528 valence electrons. The minimum atomic E-state index is -7.78. The summed E-state index contributed by atoms with van der Waals surface area (Å²) in [4.78, 5) is 47.7. The normalized spacial score (nSPS) is 14.4. The van der Waals surface area contributed by atoms with E-state index in [1.54, 1.807) is 53.7 Å². The number of H-pyrrole nitrogens is 1. The van der Waals surface area contributed by atoms with Crippen molar-refractivity contribution < 1.29 is 149 Å². The van der Waals surface area contributed by atoms with Crippen molar-refractivity contribution in [2.75, 3.05) is 26.4 Å². The molecule has 0 radical (unpaired) electrons. The first-order chi connectivity index (χ1) is 40.9. The van der Waals surface area contributed by atoms with Crippen molar-refractivity contribution in [1.82, 2.24) is 15.4 Å². The van der Waals surface area contributed by atoms with E-state index in [1.165, 1.54) is 47.6 Å². The lowest BCUT2D eigenvalue weighted by molar-refractivity contribution is -0.426. The highest BCUT2D eigenvalue weighted by atomic mass is 19.4. The van der Waals surface area contributed by atoms with Crippen molar-refractivity contribution in [3.8, 4) is 5.75 Å². The number of esters is 4. The standard InChI is InChI=1S/C33H44F12O5.C23H23F12N3O4/c1-10-27(8,9)24(48)50-16-14-29(36,37)31(40,41)33(44,45)32(42,43)30(38,39)28(34,35)13-15-49-22(46)12-11-19-17-20(25(2,3)4)23(47)21(18-19)26(5,6)7;1-4-17(2,3)16(40)42-10-8-19(26,27)21(30,31)23(34,35)22(32,33)20(28,29)18(24,25)7-9-41-15(39)12-5-6-13-14(11-12)37-38-36-13/h17-18,47H,10-16H2,1-9H3;5-6,11H,4,7-10H2,1-3H3,(H,36,37,38). The van der Waals surface area contributed by atoms with E-state index in [4.69, 9.17) is 0 Å². The van der Waals surface area contributed by atoms with E-state index < -0.39 is 181 Å². The van der Waals surface area contributed by atoms with Crippen LogP contribution in [0.3, 0.4) is 0 Å². The number of benzene rings is 2. The van der Waals surface area contributed by atoms with E-state index in [2.05, 4.69) is 34.4 Å². The minimum Gasteiger partial charge on any atom is -0.507 e. The quantitative estimate of drug-likeness (QED) is 0.0370. The number of hydrogen-bond acceptors (Lipinski definition) is 11. The largest absolute Gasteiger partial charge is 0.507 e. The SMILES string of the molecule is CCC(C)(C)C(=O)OCCC(F)(F)C(F)(F)C(F)(F)C(F)(F)C(F)(F)C(F)(F)CCOC(=O)CCc1cc(C(C)(C)C)c(O)c(C(C)(C)C)c1.CCC(C)(C)C(=O)OCCC(F)(F)C(F)(F)C(F)(F)C(F)(F)C(F)(F)C(F)(F)CCOC(=O)c1ccc2n[nH]nc2c1. The number of rotatable bonds is 30. The number of nitrogens with one attached hydrogen (secondary N) is 1. The Morgan fingerprint density at radius 2 is 0.728 bits per heavy atom. The molecule has 0 bridgehead atoms. The van der Waals surface area contributed by atoms with Gasteiger partial charge in [0.2, 0.25) is 0 Å². The number of aromatic hydroxyl groups is 1. The van der Waals surface area contributed by atoms with Crippen LogP contribution in [-0.2, 0) is 50.6 Å². The molecule has 2 aromatic carbocycles. The highest BCUT2D eigenvalue weighted by Gasteiger charge is 2.91. The summed E-state index contributed by atoms with van der Waals surface area (Å²) in [5.74, 6) is -90.9. The van der Waals surface area contributed by atoms with Crippen molar-refractivity contribution >= 4 is 34.9 Å². The first-order valence-electron chi connectivity index (χ1n) is 27.3. The average molecular weight is 1380 g/mol. The molecule has 0 unspecified atom stereocenters. The van der Waals surface area contributed by atoms with E-state index in [0.29, 0.717) is 16.7 Å². The number of aryl methyl sites for hydroxylation is 1. The summed E-state index contributed by atoms with van der Waals surface area (Å²) >= 11 is 0. The fourth-order valence-electron chi connectivity index (χ4n) is 7.47.